The molecule has 4 atom stereocenters. The fraction of sp³-hybridized carbons (Fsp3) is 0.824. The van der Waals surface area contributed by atoms with Crippen molar-refractivity contribution in [3.8, 4) is 0 Å². The van der Waals surface area contributed by atoms with E-state index in [1.54, 1.807) is 6.08 Å². The Morgan fingerprint density at radius 2 is 2.26 bits per heavy atom. The smallest absolute Gasteiger partial charge is 0.330 e. The van der Waals surface area contributed by atoms with E-state index in [0.29, 0.717) is 11.3 Å². The van der Waals surface area contributed by atoms with Gasteiger partial charge in [0.1, 0.15) is 0 Å². The third-order valence-corrected chi connectivity index (χ3v) is 5.87. The van der Waals surface area contributed by atoms with Crippen molar-refractivity contribution in [2.75, 3.05) is 7.11 Å². The van der Waals surface area contributed by atoms with Gasteiger partial charge in [-0.3, -0.25) is 0 Å². The van der Waals surface area contributed by atoms with Gasteiger partial charge in [0.15, 0.2) is 0 Å². The quantitative estimate of drug-likeness (QED) is 0.559. The van der Waals surface area contributed by atoms with Crippen LogP contribution < -0.4 is 0 Å². The first-order valence-corrected chi connectivity index (χ1v) is 7.81. The molecule has 0 radical (unpaired) electrons. The van der Waals surface area contributed by atoms with Gasteiger partial charge in [-0.15, -0.1) is 0 Å². The number of rotatable bonds is 3. The van der Waals surface area contributed by atoms with Crippen LogP contribution in [0, 0.1) is 23.2 Å². The van der Waals surface area contributed by atoms with E-state index in [2.05, 4.69) is 20.8 Å². The summed E-state index contributed by atoms with van der Waals surface area (Å²) in [5, 5.41) is 0. The molecule has 2 aliphatic rings. The van der Waals surface area contributed by atoms with Crippen molar-refractivity contribution < 1.29 is 9.53 Å². The highest BCUT2D eigenvalue weighted by molar-refractivity contribution is 5.82. The number of esters is 1. The summed E-state index contributed by atoms with van der Waals surface area (Å²) in [6, 6.07) is 0. The molecule has 0 spiro atoms. The van der Waals surface area contributed by atoms with Crippen LogP contribution in [0.3, 0.4) is 0 Å². The molecule has 0 heterocycles. The Morgan fingerprint density at radius 3 is 2.89 bits per heavy atom. The lowest BCUT2D eigenvalue weighted by Crippen LogP contribution is -2.36. The number of fused-ring (bicyclic) bond motifs is 1. The summed E-state index contributed by atoms with van der Waals surface area (Å²) in [4.78, 5) is 11.5. The van der Waals surface area contributed by atoms with Crippen molar-refractivity contribution >= 4 is 5.97 Å². The topological polar surface area (TPSA) is 26.3 Å². The lowest BCUT2D eigenvalue weighted by Gasteiger charge is -2.44. The average Bonchev–Trinajstić information content (AvgIpc) is 2.76. The van der Waals surface area contributed by atoms with Crippen molar-refractivity contribution in [3.05, 3.63) is 11.6 Å². The van der Waals surface area contributed by atoms with Gasteiger partial charge in [-0.2, -0.15) is 0 Å². The zero-order valence-electron chi connectivity index (χ0n) is 12.9. The van der Waals surface area contributed by atoms with Crippen LogP contribution in [0.15, 0.2) is 11.6 Å². The third kappa shape index (κ3) is 2.59. The van der Waals surface area contributed by atoms with Crippen LogP contribution in [0.4, 0.5) is 0 Å². The number of ether oxygens (including phenoxy) is 1. The van der Waals surface area contributed by atoms with Gasteiger partial charge in [-0.25, -0.2) is 4.79 Å². The zero-order chi connectivity index (χ0) is 14.0. The molecule has 0 aromatic carbocycles. The fourth-order valence-electron chi connectivity index (χ4n) is 4.68. The van der Waals surface area contributed by atoms with Gasteiger partial charge in [-0.05, 0) is 55.3 Å². The van der Waals surface area contributed by atoms with Gasteiger partial charge in [0.05, 0.1) is 7.11 Å². The van der Waals surface area contributed by atoms with Gasteiger partial charge in [0.2, 0.25) is 0 Å². The molecule has 2 nitrogen and oxygen atoms in total. The summed E-state index contributed by atoms with van der Waals surface area (Å²) in [6.07, 6.45) is 9.27. The molecule has 2 heteroatoms. The number of carbonyl (C=O) groups is 1. The molecule has 0 amide bonds. The molecule has 0 N–H and O–H groups in total. The molecule has 0 unspecified atom stereocenters. The highest BCUT2D eigenvalue weighted by atomic mass is 16.5. The van der Waals surface area contributed by atoms with Crippen LogP contribution in [0.5, 0.6) is 0 Å². The maximum atomic E-state index is 11.5. The van der Waals surface area contributed by atoms with Crippen molar-refractivity contribution in [2.45, 2.75) is 59.3 Å². The standard InChI is InChI=1S/C17H28O2/c1-5-12(2)14-8-9-15-13(11-16(18)19-4)7-6-10-17(14,15)3/h11-12,14-15H,5-10H2,1-4H3/b13-11+/t12-,14+,15-,17+/m0/s1. The summed E-state index contributed by atoms with van der Waals surface area (Å²) in [6.45, 7) is 7.16. The van der Waals surface area contributed by atoms with E-state index in [-0.39, 0.29) is 5.97 Å². The molecule has 0 saturated heterocycles. The van der Waals surface area contributed by atoms with Crippen LogP contribution in [-0.2, 0) is 9.53 Å². The van der Waals surface area contributed by atoms with Crippen molar-refractivity contribution in [3.63, 3.8) is 0 Å². The third-order valence-electron chi connectivity index (χ3n) is 5.87. The zero-order valence-corrected chi connectivity index (χ0v) is 12.9. The normalized spacial score (nSPS) is 38.0. The van der Waals surface area contributed by atoms with E-state index in [4.69, 9.17) is 4.74 Å². The monoisotopic (exact) mass is 264 g/mol. The van der Waals surface area contributed by atoms with Crippen molar-refractivity contribution in [1.29, 1.82) is 0 Å². The summed E-state index contributed by atoms with van der Waals surface area (Å²) in [7, 11) is 1.47. The molecular formula is C17H28O2. The Bertz CT molecular complexity index is 371. The van der Waals surface area contributed by atoms with Gasteiger partial charge in [0, 0.05) is 6.08 Å². The lowest BCUT2D eigenvalue weighted by atomic mass is 9.61. The predicted octanol–water partition coefficient (Wildman–Crippen LogP) is 4.35. The second-order valence-electron chi connectivity index (χ2n) is 6.72. The second kappa shape index (κ2) is 5.68. The fourth-order valence-corrected chi connectivity index (χ4v) is 4.68. The first-order chi connectivity index (χ1) is 9.02. The SMILES string of the molecule is CC[C@H](C)[C@H]1CC[C@H]2/C(=C/C(=O)OC)CCC[C@]12C. The van der Waals surface area contributed by atoms with E-state index in [1.165, 1.54) is 44.8 Å². The molecule has 19 heavy (non-hydrogen) atoms. The number of allylic oxidation sites excluding steroid dienone is 1. The summed E-state index contributed by atoms with van der Waals surface area (Å²) >= 11 is 0. The van der Waals surface area contributed by atoms with Crippen molar-refractivity contribution in [1.82, 2.24) is 0 Å². The number of carbonyl (C=O) groups excluding carboxylic acids is 1. The molecule has 108 valence electrons. The average molecular weight is 264 g/mol. The molecule has 2 saturated carbocycles. The minimum Gasteiger partial charge on any atom is -0.466 e. The minimum atomic E-state index is -0.175. The Morgan fingerprint density at radius 1 is 1.53 bits per heavy atom. The summed E-state index contributed by atoms with van der Waals surface area (Å²) < 4.78 is 4.81. The molecule has 0 bridgehead atoms. The number of methoxy groups -OCH3 is 1. The largest absolute Gasteiger partial charge is 0.466 e. The Balaban J connectivity index is 2.23. The maximum Gasteiger partial charge on any atom is 0.330 e. The number of hydrogen-bond acceptors (Lipinski definition) is 2. The molecule has 2 fully saturated rings. The van der Waals surface area contributed by atoms with Gasteiger partial charge >= 0.3 is 5.97 Å². The van der Waals surface area contributed by atoms with Gasteiger partial charge < -0.3 is 4.74 Å². The highest BCUT2D eigenvalue weighted by Gasteiger charge is 2.50. The van der Waals surface area contributed by atoms with Gasteiger partial charge in [0.25, 0.3) is 0 Å². The lowest BCUT2D eigenvalue weighted by molar-refractivity contribution is -0.135. The Labute approximate surface area is 117 Å². The number of hydrogen-bond donors (Lipinski definition) is 0. The van der Waals surface area contributed by atoms with Crippen LogP contribution in [0.1, 0.15) is 59.3 Å². The van der Waals surface area contributed by atoms with Crippen molar-refractivity contribution in [2.24, 2.45) is 23.2 Å². The Hall–Kier alpha value is -0.790. The summed E-state index contributed by atoms with van der Waals surface area (Å²) in [5.74, 6) is 2.06. The predicted molar refractivity (Wildman–Crippen MR) is 77.7 cm³/mol. The van der Waals surface area contributed by atoms with E-state index >= 15 is 0 Å². The molecule has 0 aromatic rings. The first kappa shape index (κ1) is 14.6. The molecule has 0 aromatic heterocycles. The molecule has 0 aliphatic heterocycles. The van der Waals surface area contributed by atoms with Crippen LogP contribution >= 0.6 is 0 Å². The molecule has 2 rings (SSSR count). The van der Waals surface area contributed by atoms with Crippen LogP contribution in [0.2, 0.25) is 0 Å². The highest BCUT2D eigenvalue weighted by Crippen LogP contribution is 2.59. The molecular weight excluding hydrogens is 236 g/mol. The maximum absolute atomic E-state index is 11.5. The van der Waals surface area contributed by atoms with E-state index in [0.717, 1.165) is 18.3 Å². The minimum absolute atomic E-state index is 0.175. The van der Waals surface area contributed by atoms with Crippen LogP contribution in [0.25, 0.3) is 0 Å². The Kier molecular flexibility index (Phi) is 4.37. The second-order valence-corrected chi connectivity index (χ2v) is 6.72. The van der Waals surface area contributed by atoms with E-state index in [9.17, 15) is 4.79 Å². The van der Waals surface area contributed by atoms with E-state index in [1.807, 2.05) is 0 Å². The molecule has 2 aliphatic carbocycles. The van der Waals surface area contributed by atoms with Crippen LogP contribution in [-0.4, -0.2) is 13.1 Å². The van der Waals surface area contributed by atoms with E-state index < -0.39 is 0 Å². The van der Waals surface area contributed by atoms with Gasteiger partial charge in [-0.1, -0.05) is 32.8 Å². The first-order valence-electron chi connectivity index (χ1n) is 7.81. The summed E-state index contributed by atoms with van der Waals surface area (Å²) in [5.41, 5.74) is 1.76.